The van der Waals surface area contributed by atoms with E-state index < -0.39 is 0 Å². The molecule has 1 heterocycles. The van der Waals surface area contributed by atoms with Gasteiger partial charge in [0.1, 0.15) is 5.82 Å². The van der Waals surface area contributed by atoms with E-state index >= 15 is 0 Å². The predicted octanol–water partition coefficient (Wildman–Crippen LogP) is 1.43. The van der Waals surface area contributed by atoms with Crippen LogP contribution < -0.4 is 10.7 Å². The fourth-order valence-electron chi connectivity index (χ4n) is 1.89. The van der Waals surface area contributed by atoms with Crippen LogP contribution in [0.1, 0.15) is 12.8 Å². The first kappa shape index (κ1) is 8.48. The molecule has 0 atom stereocenters. The van der Waals surface area contributed by atoms with Crippen LogP contribution in [0.4, 0.5) is 0 Å². The molecule has 0 saturated heterocycles. The minimum Gasteiger partial charge on any atom is -0.338 e. The van der Waals surface area contributed by atoms with Crippen molar-refractivity contribution in [2.24, 2.45) is 0 Å². The van der Waals surface area contributed by atoms with Crippen LogP contribution in [0.5, 0.6) is 0 Å². The van der Waals surface area contributed by atoms with Gasteiger partial charge in [-0.1, -0.05) is 42.5 Å². The third kappa shape index (κ3) is 1.48. The van der Waals surface area contributed by atoms with Crippen molar-refractivity contribution in [1.29, 1.82) is 0 Å². The summed E-state index contributed by atoms with van der Waals surface area (Å²) in [6, 6.07) is 10.2. The molecular weight excluding hydrogens is 184 g/mol. The number of benzene rings is 1. The number of hydrogen-bond acceptors (Lipinski definition) is 1. The van der Waals surface area contributed by atoms with Gasteiger partial charge < -0.3 is 4.98 Å². The highest BCUT2D eigenvalue weighted by atomic mass is 14.9. The molecule has 0 amide bonds. The fraction of sp³-hybridized carbons (Fsp3) is 0.154. The van der Waals surface area contributed by atoms with Crippen LogP contribution in [0.3, 0.4) is 0 Å². The Hall–Kier alpha value is -1.83. The van der Waals surface area contributed by atoms with Crippen molar-refractivity contribution in [3.63, 3.8) is 0 Å². The van der Waals surface area contributed by atoms with Crippen molar-refractivity contribution in [3.05, 3.63) is 41.0 Å². The molecule has 3 rings (SSSR count). The Kier molecular flexibility index (Phi) is 1.91. The summed E-state index contributed by atoms with van der Waals surface area (Å²) in [6.45, 7) is 0. The van der Waals surface area contributed by atoms with Crippen LogP contribution in [0, 0.1) is 0 Å². The van der Waals surface area contributed by atoms with Crippen LogP contribution in [0.2, 0.25) is 0 Å². The van der Waals surface area contributed by atoms with Crippen LogP contribution in [-0.2, 0) is 0 Å². The highest BCUT2D eigenvalue weighted by Gasteiger charge is 2.02. The smallest absolute Gasteiger partial charge is 0.138 e. The zero-order valence-electron chi connectivity index (χ0n) is 8.40. The second kappa shape index (κ2) is 3.39. The Morgan fingerprint density at radius 1 is 1.00 bits per heavy atom. The van der Waals surface area contributed by atoms with Gasteiger partial charge in [-0.15, -0.1) is 0 Å². The maximum Gasteiger partial charge on any atom is 0.138 e. The van der Waals surface area contributed by atoms with Gasteiger partial charge in [0.2, 0.25) is 0 Å². The fourth-order valence-corrected chi connectivity index (χ4v) is 1.89. The highest BCUT2D eigenvalue weighted by Crippen LogP contribution is 2.10. The number of nitrogens with zero attached hydrogens (tertiary/aromatic N) is 1. The summed E-state index contributed by atoms with van der Waals surface area (Å²) in [5, 5.41) is 2.26. The van der Waals surface area contributed by atoms with Crippen LogP contribution >= 0.6 is 0 Å². The zero-order valence-corrected chi connectivity index (χ0v) is 8.40. The van der Waals surface area contributed by atoms with E-state index in [9.17, 15) is 0 Å². The van der Waals surface area contributed by atoms with E-state index in [4.69, 9.17) is 0 Å². The normalized spacial score (nSPS) is 13.9. The molecule has 1 aromatic heterocycles. The number of hydrogen-bond donors (Lipinski definition) is 1. The molecule has 0 radical (unpaired) electrons. The quantitative estimate of drug-likeness (QED) is 0.734. The zero-order chi connectivity index (χ0) is 10.1. The monoisotopic (exact) mass is 196 g/mol. The molecule has 2 nitrogen and oxygen atoms in total. The molecule has 0 saturated carbocycles. The second-order valence-corrected chi connectivity index (χ2v) is 3.74. The van der Waals surface area contributed by atoms with Gasteiger partial charge in [0.25, 0.3) is 0 Å². The molecule has 1 aromatic carbocycles. The number of nitrogens with one attached hydrogen (secondary N) is 1. The number of aromatic nitrogens is 2. The first-order valence-corrected chi connectivity index (χ1v) is 5.25. The Labute approximate surface area is 88.0 Å². The van der Waals surface area contributed by atoms with Gasteiger partial charge in [-0.3, -0.25) is 0 Å². The Bertz CT molecular complexity index is 545. The third-order valence-electron chi connectivity index (χ3n) is 2.66. The molecule has 1 aliphatic rings. The average molecular weight is 196 g/mol. The maximum absolute atomic E-state index is 4.58. The van der Waals surface area contributed by atoms with Crippen molar-refractivity contribution in [3.8, 4) is 11.4 Å². The van der Waals surface area contributed by atoms with E-state index in [2.05, 4.69) is 34.3 Å². The van der Waals surface area contributed by atoms with Crippen LogP contribution in [-0.4, -0.2) is 9.97 Å². The first-order chi connectivity index (χ1) is 7.43. The molecule has 74 valence electrons. The van der Waals surface area contributed by atoms with Crippen molar-refractivity contribution in [2.75, 3.05) is 0 Å². The lowest BCUT2D eigenvalue weighted by Gasteiger charge is -1.93. The highest BCUT2D eigenvalue weighted by molar-refractivity contribution is 5.55. The molecule has 0 unspecified atom stereocenters. The minimum atomic E-state index is 0.968. The van der Waals surface area contributed by atoms with Crippen LogP contribution in [0.15, 0.2) is 30.3 Å². The standard InChI is InChI=1S/C13H12N2/c1-2-6-10(7-3-1)13-14-11-8-4-5-9-12(11)15-13/h1-3,6-9H,4-5H2,(H,14,15). The topological polar surface area (TPSA) is 28.7 Å². The van der Waals surface area contributed by atoms with E-state index in [1.165, 1.54) is 5.35 Å². The summed E-state index contributed by atoms with van der Waals surface area (Å²) in [7, 11) is 0. The van der Waals surface area contributed by atoms with Crippen molar-refractivity contribution in [2.45, 2.75) is 12.8 Å². The van der Waals surface area contributed by atoms with E-state index in [1.807, 2.05) is 18.2 Å². The van der Waals surface area contributed by atoms with Gasteiger partial charge in [-0.2, -0.15) is 0 Å². The Morgan fingerprint density at radius 2 is 1.80 bits per heavy atom. The molecule has 1 aliphatic carbocycles. The summed E-state index contributed by atoms with van der Waals surface area (Å²) in [6.07, 6.45) is 6.63. The van der Waals surface area contributed by atoms with Gasteiger partial charge in [0, 0.05) is 5.56 Å². The first-order valence-electron chi connectivity index (χ1n) is 5.25. The lowest BCUT2D eigenvalue weighted by molar-refractivity contribution is 1.09. The van der Waals surface area contributed by atoms with Crippen LogP contribution in [0.25, 0.3) is 23.5 Å². The van der Waals surface area contributed by atoms with Gasteiger partial charge in [0.15, 0.2) is 0 Å². The number of aromatic amines is 1. The average Bonchev–Trinajstić information content (AvgIpc) is 2.74. The van der Waals surface area contributed by atoms with Gasteiger partial charge >= 0.3 is 0 Å². The summed E-state index contributed by atoms with van der Waals surface area (Å²) >= 11 is 0. The van der Waals surface area contributed by atoms with E-state index in [0.717, 1.165) is 29.6 Å². The number of H-pyrrole nitrogens is 1. The van der Waals surface area contributed by atoms with Gasteiger partial charge in [0.05, 0.1) is 10.7 Å². The van der Waals surface area contributed by atoms with Crippen molar-refractivity contribution < 1.29 is 0 Å². The van der Waals surface area contributed by atoms with E-state index in [1.54, 1.807) is 0 Å². The molecule has 0 aliphatic heterocycles. The molecular formula is C13H12N2. The third-order valence-corrected chi connectivity index (χ3v) is 2.66. The maximum atomic E-state index is 4.58. The molecule has 0 bridgehead atoms. The molecule has 15 heavy (non-hydrogen) atoms. The Morgan fingerprint density at radius 3 is 2.60 bits per heavy atom. The van der Waals surface area contributed by atoms with Gasteiger partial charge in [-0.05, 0) is 12.8 Å². The van der Waals surface area contributed by atoms with E-state index in [-0.39, 0.29) is 0 Å². The summed E-state index contributed by atoms with van der Waals surface area (Å²) in [4.78, 5) is 7.93. The lowest BCUT2D eigenvalue weighted by Crippen LogP contribution is -2.26. The summed E-state index contributed by atoms with van der Waals surface area (Å²) in [5.41, 5.74) is 1.15. The summed E-state index contributed by atoms with van der Waals surface area (Å²) < 4.78 is 0. The number of imidazole rings is 1. The molecule has 0 fully saturated rings. The molecule has 2 aromatic rings. The largest absolute Gasteiger partial charge is 0.338 e. The summed E-state index contributed by atoms with van der Waals surface area (Å²) in [5.74, 6) is 0.968. The molecule has 0 spiro atoms. The lowest BCUT2D eigenvalue weighted by atomic mass is 10.2. The van der Waals surface area contributed by atoms with E-state index in [0.29, 0.717) is 0 Å². The number of rotatable bonds is 1. The minimum absolute atomic E-state index is 0.968. The Balaban J connectivity index is 2.20. The van der Waals surface area contributed by atoms with Gasteiger partial charge in [-0.25, -0.2) is 4.98 Å². The second-order valence-electron chi connectivity index (χ2n) is 3.74. The van der Waals surface area contributed by atoms with Crippen molar-refractivity contribution in [1.82, 2.24) is 9.97 Å². The molecule has 1 N–H and O–H groups in total. The molecule has 2 heteroatoms. The predicted molar refractivity (Wildman–Crippen MR) is 61.4 cm³/mol. The SMILES string of the molecule is C1=c2nc(-c3ccccc3)[nH]c2=CCC1. The van der Waals surface area contributed by atoms with Crippen molar-refractivity contribution >= 4 is 12.2 Å². The number of fused-ring (bicyclic) bond motifs is 1.